The fourth-order valence-electron chi connectivity index (χ4n) is 1.87. The van der Waals surface area contributed by atoms with Gasteiger partial charge in [0.15, 0.2) is 0 Å². The number of hydrogen-bond donors (Lipinski definition) is 2. The summed E-state index contributed by atoms with van der Waals surface area (Å²) in [6.07, 6.45) is 3.36. The first-order chi connectivity index (χ1) is 7.75. The van der Waals surface area contributed by atoms with Gasteiger partial charge in [-0.2, -0.15) is 0 Å². The van der Waals surface area contributed by atoms with Gasteiger partial charge in [0.25, 0.3) is 0 Å². The first-order valence-corrected chi connectivity index (χ1v) is 5.66. The van der Waals surface area contributed by atoms with E-state index >= 15 is 0 Å². The molecule has 0 bridgehead atoms. The second kappa shape index (κ2) is 5.07. The molecule has 0 saturated carbocycles. The van der Waals surface area contributed by atoms with Gasteiger partial charge >= 0.3 is 0 Å². The molecule has 4 heteroatoms. The quantitative estimate of drug-likeness (QED) is 0.789. The van der Waals surface area contributed by atoms with E-state index in [0.717, 1.165) is 25.2 Å². The lowest BCUT2D eigenvalue weighted by Crippen LogP contribution is -2.45. The number of amides is 1. The molecule has 1 fully saturated rings. The average molecular weight is 219 g/mol. The summed E-state index contributed by atoms with van der Waals surface area (Å²) < 4.78 is 0. The van der Waals surface area contributed by atoms with Crippen molar-refractivity contribution in [2.75, 3.05) is 6.54 Å². The molecule has 0 aliphatic carbocycles. The average Bonchev–Trinajstić information content (AvgIpc) is 2.30. The summed E-state index contributed by atoms with van der Waals surface area (Å²) in [4.78, 5) is 15.2. The molecule has 1 aromatic heterocycles. The topological polar surface area (TPSA) is 54.0 Å². The van der Waals surface area contributed by atoms with E-state index in [1.165, 1.54) is 5.56 Å². The number of carbonyl (C=O) groups is 1. The molecule has 1 aliphatic rings. The van der Waals surface area contributed by atoms with Crippen molar-refractivity contribution in [1.82, 2.24) is 15.6 Å². The zero-order chi connectivity index (χ0) is 11.4. The lowest BCUT2D eigenvalue weighted by molar-refractivity contribution is -0.122. The number of hydrogen-bond acceptors (Lipinski definition) is 3. The molecule has 1 saturated heterocycles. The highest BCUT2D eigenvalue weighted by molar-refractivity contribution is 5.76. The Morgan fingerprint density at radius 2 is 2.50 bits per heavy atom. The fraction of sp³-hybridized carbons (Fsp3) is 0.500. The number of rotatable bonds is 3. The lowest BCUT2D eigenvalue weighted by atomic mass is 10.1. The van der Waals surface area contributed by atoms with Gasteiger partial charge in [-0.3, -0.25) is 9.78 Å². The molecular formula is C12H17N3O. The molecule has 2 rings (SSSR count). The third-order valence-electron chi connectivity index (χ3n) is 2.96. The van der Waals surface area contributed by atoms with E-state index in [0.29, 0.717) is 12.5 Å². The number of carbonyl (C=O) groups excluding carboxylic acids is 1. The van der Waals surface area contributed by atoms with E-state index in [1.807, 2.05) is 13.0 Å². The number of aryl methyl sites for hydroxylation is 1. The maximum Gasteiger partial charge on any atom is 0.220 e. The predicted octanol–water partition coefficient (Wildman–Crippen LogP) is 0.758. The van der Waals surface area contributed by atoms with Crippen LogP contribution in [0.15, 0.2) is 18.3 Å². The SMILES string of the molecule is Cc1ncccc1CNC1CCC(=O)NC1. The number of nitrogens with one attached hydrogen (secondary N) is 2. The van der Waals surface area contributed by atoms with E-state index in [2.05, 4.69) is 21.7 Å². The third kappa shape index (κ3) is 2.79. The van der Waals surface area contributed by atoms with Crippen LogP contribution in [0, 0.1) is 6.92 Å². The molecule has 2 N–H and O–H groups in total. The normalized spacial score (nSPS) is 20.6. The zero-order valence-corrected chi connectivity index (χ0v) is 9.49. The van der Waals surface area contributed by atoms with E-state index in [9.17, 15) is 4.79 Å². The molecule has 1 atom stereocenters. The highest BCUT2D eigenvalue weighted by Crippen LogP contribution is 2.06. The summed E-state index contributed by atoms with van der Waals surface area (Å²) in [7, 11) is 0. The molecule has 1 aliphatic heterocycles. The van der Waals surface area contributed by atoms with Crippen molar-refractivity contribution in [3.8, 4) is 0 Å². The Morgan fingerprint density at radius 1 is 1.62 bits per heavy atom. The molecule has 2 heterocycles. The first kappa shape index (κ1) is 11.1. The van der Waals surface area contributed by atoms with Crippen molar-refractivity contribution in [3.05, 3.63) is 29.6 Å². The van der Waals surface area contributed by atoms with Crippen LogP contribution in [0.5, 0.6) is 0 Å². The van der Waals surface area contributed by atoms with Crippen LogP contribution in [0.2, 0.25) is 0 Å². The largest absolute Gasteiger partial charge is 0.355 e. The van der Waals surface area contributed by atoms with Crippen LogP contribution < -0.4 is 10.6 Å². The first-order valence-electron chi connectivity index (χ1n) is 5.66. The Morgan fingerprint density at radius 3 is 3.19 bits per heavy atom. The van der Waals surface area contributed by atoms with E-state index in [4.69, 9.17) is 0 Å². The van der Waals surface area contributed by atoms with Crippen LogP contribution in [0.4, 0.5) is 0 Å². The molecule has 4 nitrogen and oxygen atoms in total. The second-order valence-electron chi connectivity index (χ2n) is 4.17. The zero-order valence-electron chi connectivity index (χ0n) is 9.49. The summed E-state index contributed by atoms with van der Waals surface area (Å²) in [5.41, 5.74) is 2.29. The maximum atomic E-state index is 11.0. The molecule has 1 aromatic rings. The summed E-state index contributed by atoms with van der Waals surface area (Å²) in [5.74, 6) is 0.163. The van der Waals surface area contributed by atoms with Crippen molar-refractivity contribution in [3.63, 3.8) is 0 Å². The van der Waals surface area contributed by atoms with Gasteiger partial charge in [-0.1, -0.05) is 6.07 Å². The molecule has 86 valence electrons. The summed E-state index contributed by atoms with van der Waals surface area (Å²) in [5, 5.41) is 6.31. The number of nitrogens with zero attached hydrogens (tertiary/aromatic N) is 1. The lowest BCUT2D eigenvalue weighted by Gasteiger charge is -2.23. The Bertz CT molecular complexity index is 368. The Hall–Kier alpha value is -1.42. The summed E-state index contributed by atoms with van der Waals surface area (Å²) >= 11 is 0. The molecule has 16 heavy (non-hydrogen) atoms. The fourth-order valence-corrected chi connectivity index (χ4v) is 1.87. The van der Waals surface area contributed by atoms with Crippen LogP contribution >= 0.6 is 0 Å². The highest BCUT2D eigenvalue weighted by atomic mass is 16.1. The van der Waals surface area contributed by atoms with Crippen LogP contribution in [-0.2, 0) is 11.3 Å². The molecule has 0 aromatic carbocycles. The standard InChI is InChI=1S/C12H17N3O/c1-9-10(3-2-6-13-9)7-14-11-4-5-12(16)15-8-11/h2-3,6,11,14H,4-5,7-8H2,1H3,(H,15,16). The molecular weight excluding hydrogens is 202 g/mol. The van der Waals surface area contributed by atoms with Gasteiger partial charge in [-0.05, 0) is 25.0 Å². The van der Waals surface area contributed by atoms with Crippen LogP contribution in [0.3, 0.4) is 0 Å². The van der Waals surface area contributed by atoms with Crippen LogP contribution in [-0.4, -0.2) is 23.5 Å². The Labute approximate surface area is 95.5 Å². The van der Waals surface area contributed by atoms with Gasteiger partial charge < -0.3 is 10.6 Å². The second-order valence-corrected chi connectivity index (χ2v) is 4.17. The highest BCUT2D eigenvalue weighted by Gasteiger charge is 2.17. The summed E-state index contributed by atoms with van der Waals surface area (Å²) in [6, 6.07) is 4.42. The van der Waals surface area contributed by atoms with Crippen molar-refractivity contribution in [2.45, 2.75) is 32.4 Å². The van der Waals surface area contributed by atoms with Crippen LogP contribution in [0.25, 0.3) is 0 Å². The minimum absolute atomic E-state index is 0.163. The minimum atomic E-state index is 0.163. The number of aromatic nitrogens is 1. The smallest absolute Gasteiger partial charge is 0.220 e. The van der Waals surface area contributed by atoms with Crippen molar-refractivity contribution < 1.29 is 4.79 Å². The summed E-state index contributed by atoms with van der Waals surface area (Å²) in [6.45, 7) is 3.57. The molecule has 1 amide bonds. The van der Waals surface area contributed by atoms with E-state index < -0.39 is 0 Å². The van der Waals surface area contributed by atoms with Gasteiger partial charge in [-0.15, -0.1) is 0 Å². The van der Waals surface area contributed by atoms with Gasteiger partial charge in [0, 0.05) is 37.4 Å². The van der Waals surface area contributed by atoms with Gasteiger partial charge in [0.1, 0.15) is 0 Å². The van der Waals surface area contributed by atoms with Crippen molar-refractivity contribution in [1.29, 1.82) is 0 Å². The van der Waals surface area contributed by atoms with Crippen molar-refractivity contribution >= 4 is 5.91 Å². The molecule has 1 unspecified atom stereocenters. The van der Waals surface area contributed by atoms with Crippen molar-refractivity contribution in [2.24, 2.45) is 0 Å². The molecule has 0 spiro atoms. The van der Waals surface area contributed by atoms with Gasteiger partial charge in [0.05, 0.1) is 0 Å². The minimum Gasteiger partial charge on any atom is -0.355 e. The van der Waals surface area contributed by atoms with Crippen LogP contribution in [0.1, 0.15) is 24.1 Å². The maximum absolute atomic E-state index is 11.0. The monoisotopic (exact) mass is 219 g/mol. The Kier molecular flexibility index (Phi) is 3.51. The van der Waals surface area contributed by atoms with E-state index in [1.54, 1.807) is 6.20 Å². The Balaban J connectivity index is 1.84. The van der Waals surface area contributed by atoms with E-state index in [-0.39, 0.29) is 5.91 Å². The number of pyridine rings is 1. The van der Waals surface area contributed by atoms with Gasteiger partial charge in [-0.25, -0.2) is 0 Å². The van der Waals surface area contributed by atoms with Gasteiger partial charge in [0.2, 0.25) is 5.91 Å². The third-order valence-corrected chi connectivity index (χ3v) is 2.96. The molecule has 0 radical (unpaired) electrons. The number of piperidine rings is 1. The predicted molar refractivity (Wildman–Crippen MR) is 61.8 cm³/mol.